The second-order valence-corrected chi connectivity index (χ2v) is 3.42. The number of hydrogen-bond acceptors (Lipinski definition) is 3. The van der Waals surface area contributed by atoms with Crippen LogP contribution in [-0.2, 0) is 11.8 Å². The number of carbonyl (C=O) groups is 2. The van der Waals surface area contributed by atoms with Crippen LogP contribution in [-0.4, -0.2) is 28.7 Å². The summed E-state index contributed by atoms with van der Waals surface area (Å²) >= 11 is 11.4. The first-order valence-electron chi connectivity index (χ1n) is 3.77. The first kappa shape index (κ1) is 11.9. The molecule has 0 saturated carbocycles. The molecular weight excluding hydrogens is 245 g/mol. The molecule has 5 nitrogen and oxygen atoms in total. The van der Waals surface area contributed by atoms with Crippen LogP contribution in [0.3, 0.4) is 0 Å². The fraction of sp³-hybridized carbons (Fsp3) is 0.250. The third-order valence-electron chi connectivity index (χ3n) is 1.86. The lowest BCUT2D eigenvalue weighted by atomic mass is 10.3. The average Bonchev–Trinajstić information content (AvgIpc) is 2.37. The van der Waals surface area contributed by atoms with E-state index >= 15 is 0 Å². The summed E-state index contributed by atoms with van der Waals surface area (Å²) in [7, 11) is 2.59. The Morgan fingerprint density at radius 1 is 1.40 bits per heavy atom. The Morgan fingerprint density at radius 2 is 1.93 bits per heavy atom. The third kappa shape index (κ3) is 1.80. The van der Waals surface area contributed by atoms with Crippen LogP contribution in [0.15, 0.2) is 0 Å². The summed E-state index contributed by atoms with van der Waals surface area (Å²) in [6.45, 7) is 0. The van der Waals surface area contributed by atoms with E-state index in [0.29, 0.717) is 0 Å². The van der Waals surface area contributed by atoms with Gasteiger partial charge in [-0.1, -0.05) is 23.2 Å². The van der Waals surface area contributed by atoms with E-state index < -0.39 is 11.9 Å². The molecule has 0 amide bonds. The predicted molar refractivity (Wildman–Crippen MR) is 53.7 cm³/mol. The highest BCUT2D eigenvalue weighted by molar-refractivity contribution is 6.41. The summed E-state index contributed by atoms with van der Waals surface area (Å²) in [6, 6.07) is 0. The quantitative estimate of drug-likeness (QED) is 0.815. The van der Waals surface area contributed by atoms with Crippen molar-refractivity contribution in [1.29, 1.82) is 0 Å². The number of carboxylic acids is 1. The number of carboxylic acid groups (broad SMARTS) is 1. The van der Waals surface area contributed by atoms with Crippen molar-refractivity contribution in [2.75, 3.05) is 7.11 Å². The van der Waals surface area contributed by atoms with Gasteiger partial charge in [0.05, 0.1) is 12.1 Å². The molecule has 1 N–H and O–H groups in total. The topological polar surface area (TPSA) is 68.5 Å². The van der Waals surface area contributed by atoms with Crippen LogP contribution in [0, 0.1) is 0 Å². The first-order valence-corrected chi connectivity index (χ1v) is 4.52. The van der Waals surface area contributed by atoms with Gasteiger partial charge < -0.3 is 14.4 Å². The predicted octanol–water partition coefficient (Wildman–Crippen LogP) is 1.82. The van der Waals surface area contributed by atoms with E-state index in [2.05, 4.69) is 4.74 Å². The molecule has 0 unspecified atom stereocenters. The van der Waals surface area contributed by atoms with E-state index in [0.717, 1.165) is 0 Å². The molecule has 0 bridgehead atoms. The summed E-state index contributed by atoms with van der Waals surface area (Å²) in [5.74, 6) is -2.03. The average molecular weight is 252 g/mol. The summed E-state index contributed by atoms with van der Waals surface area (Å²) in [5.41, 5.74) is -0.386. The zero-order valence-electron chi connectivity index (χ0n) is 7.88. The molecule has 15 heavy (non-hydrogen) atoms. The van der Waals surface area contributed by atoms with Gasteiger partial charge in [0.2, 0.25) is 0 Å². The van der Waals surface area contributed by atoms with E-state index in [4.69, 9.17) is 28.3 Å². The number of rotatable bonds is 2. The van der Waals surface area contributed by atoms with Gasteiger partial charge in [-0.05, 0) is 0 Å². The van der Waals surface area contributed by atoms with Crippen molar-refractivity contribution in [2.45, 2.75) is 0 Å². The number of ether oxygens (including phenoxy) is 1. The molecule has 82 valence electrons. The number of halogens is 2. The van der Waals surface area contributed by atoms with E-state index in [9.17, 15) is 9.59 Å². The lowest BCUT2D eigenvalue weighted by Crippen LogP contribution is -2.07. The molecule has 0 saturated heterocycles. The zero-order valence-corrected chi connectivity index (χ0v) is 9.39. The number of methoxy groups -OCH3 is 1. The summed E-state index contributed by atoms with van der Waals surface area (Å²) < 4.78 is 5.62. The normalized spacial score (nSPS) is 10.1. The van der Waals surface area contributed by atoms with Crippen LogP contribution in [0.4, 0.5) is 0 Å². The number of esters is 1. The molecule has 7 heteroatoms. The minimum atomic E-state index is -1.30. The molecule has 1 rings (SSSR count). The molecule has 0 atom stereocenters. The Labute approximate surface area is 95.1 Å². The molecule has 0 aromatic carbocycles. The Kier molecular flexibility index (Phi) is 3.26. The Morgan fingerprint density at radius 3 is 2.27 bits per heavy atom. The monoisotopic (exact) mass is 251 g/mol. The molecule has 0 spiro atoms. The van der Waals surface area contributed by atoms with Gasteiger partial charge in [0, 0.05) is 7.05 Å². The zero-order chi connectivity index (χ0) is 11.7. The highest BCUT2D eigenvalue weighted by Crippen LogP contribution is 2.31. The smallest absolute Gasteiger partial charge is 0.356 e. The van der Waals surface area contributed by atoms with Gasteiger partial charge in [-0.25, -0.2) is 9.59 Å². The van der Waals surface area contributed by atoms with E-state index in [1.54, 1.807) is 0 Å². The van der Waals surface area contributed by atoms with Crippen molar-refractivity contribution in [2.24, 2.45) is 7.05 Å². The van der Waals surface area contributed by atoms with Crippen LogP contribution in [0.2, 0.25) is 10.2 Å². The van der Waals surface area contributed by atoms with Gasteiger partial charge in [-0.2, -0.15) is 0 Å². The Hall–Kier alpha value is -1.20. The maximum absolute atomic E-state index is 11.3. The Balaban J connectivity index is 3.49. The van der Waals surface area contributed by atoms with Crippen LogP contribution >= 0.6 is 23.2 Å². The SMILES string of the molecule is COC(=O)c1c(Cl)c(C(=O)O)c(Cl)n1C. The van der Waals surface area contributed by atoms with E-state index in [1.807, 2.05) is 0 Å². The van der Waals surface area contributed by atoms with Crippen molar-refractivity contribution in [1.82, 2.24) is 4.57 Å². The van der Waals surface area contributed by atoms with Gasteiger partial charge in [0.15, 0.2) is 0 Å². The number of carbonyl (C=O) groups excluding carboxylic acids is 1. The fourth-order valence-corrected chi connectivity index (χ4v) is 1.81. The second kappa shape index (κ2) is 4.12. The van der Waals surface area contributed by atoms with Gasteiger partial charge in [0.1, 0.15) is 16.4 Å². The molecule has 0 aliphatic rings. The lowest BCUT2D eigenvalue weighted by Gasteiger charge is -2.01. The van der Waals surface area contributed by atoms with Gasteiger partial charge in [-0.3, -0.25) is 0 Å². The highest BCUT2D eigenvalue weighted by atomic mass is 35.5. The second-order valence-electron chi connectivity index (χ2n) is 2.68. The maximum atomic E-state index is 11.3. The molecule has 0 aliphatic carbocycles. The third-order valence-corrected chi connectivity index (χ3v) is 2.67. The lowest BCUT2D eigenvalue weighted by molar-refractivity contribution is 0.0590. The molecule has 0 fully saturated rings. The molecule has 0 radical (unpaired) electrons. The van der Waals surface area contributed by atoms with Gasteiger partial charge in [0.25, 0.3) is 0 Å². The minimum absolute atomic E-state index is 0.0819. The molecule has 1 aromatic heterocycles. The Bertz CT molecular complexity index is 438. The highest BCUT2D eigenvalue weighted by Gasteiger charge is 2.27. The first-order chi connectivity index (χ1) is 6.91. The van der Waals surface area contributed by atoms with E-state index in [-0.39, 0.29) is 21.4 Å². The molecular formula is C8H7Cl2NO4. The number of aromatic carboxylic acids is 1. The minimum Gasteiger partial charge on any atom is -0.478 e. The van der Waals surface area contributed by atoms with E-state index in [1.165, 1.54) is 18.7 Å². The van der Waals surface area contributed by atoms with Gasteiger partial charge >= 0.3 is 11.9 Å². The van der Waals surface area contributed by atoms with Crippen LogP contribution in [0.1, 0.15) is 20.8 Å². The maximum Gasteiger partial charge on any atom is 0.356 e. The van der Waals surface area contributed by atoms with Crippen molar-refractivity contribution in [3.05, 3.63) is 21.4 Å². The molecule has 1 heterocycles. The van der Waals surface area contributed by atoms with Crippen molar-refractivity contribution in [3.8, 4) is 0 Å². The largest absolute Gasteiger partial charge is 0.478 e. The van der Waals surface area contributed by atoms with Crippen molar-refractivity contribution >= 4 is 35.1 Å². The van der Waals surface area contributed by atoms with Gasteiger partial charge in [-0.15, -0.1) is 0 Å². The standard InChI is InChI=1S/C8H7Cl2NO4/c1-11-5(8(14)15-2)4(9)3(6(11)10)7(12)13/h1-2H3,(H,12,13). The summed E-state index contributed by atoms with van der Waals surface area (Å²) in [5, 5.41) is 8.47. The van der Waals surface area contributed by atoms with Crippen LogP contribution in [0.25, 0.3) is 0 Å². The fourth-order valence-electron chi connectivity index (χ4n) is 1.13. The van der Waals surface area contributed by atoms with Crippen LogP contribution in [0.5, 0.6) is 0 Å². The molecule has 0 aliphatic heterocycles. The van der Waals surface area contributed by atoms with Crippen molar-refractivity contribution < 1.29 is 19.4 Å². The number of hydrogen-bond donors (Lipinski definition) is 1. The van der Waals surface area contributed by atoms with Crippen LogP contribution < -0.4 is 0 Å². The number of aromatic nitrogens is 1. The number of nitrogens with zero attached hydrogens (tertiary/aromatic N) is 1. The van der Waals surface area contributed by atoms with Crippen molar-refractivity contribution in [3.63, 3.8) is 0 Å². The summed E-state index contributed by atoms with van der Waals surface area (Å²) in [6.07, 6.45) is 0. The summed E-state index contributed by atoms with van der Waals surface area (Å²) in [4.78, 5) is 22.0. The molecule has 1 aromatic rings.